The molecule has 0 aliphatic carbocycles. The lowest BCUT2D eigenvalue weighted by Gasteiger charge is -2.29. The number of aromatic nitrogens is 3. The van der Waals surface area contributed by atoms with Crippen LogP contribution in [0.15, 0.2) is 55.0 Å². The van der Waals surface area contributed by atoms with Crippen LogP contribution in [0.25, 0.3) is 22.2 Å². The van der Waals surface area contributed by atoms with Crippen LogP contribution in [0.3, 0.4) is 0 Å². The molecule has 1 atom stereocenters. The van der Waals surface area contributed by atoms with E-state index in [0.717, 1.165) is 33.3 Å². The predicted octanol–water partition coefficient (Wildman–Crippen LogP) is 3.86. The molecule has 128 valence electrons. The molecule has 0 fully saturated rings. The number of fused-ring (bicyclic) bond motifs is 2. The van der Waals surface area contributed by atoms with Gasteiger partial charge in [0.2, 0.25) is 0 Å². The van der Waals surface area contributed by atoms with Crippen LogP contribution in [-0.4, -0.2) is 15.0 Å². The SMILES string of the molecule is Cc1cccc(F)c1C1c2c[nH]c3nccc(c23)-c2cccnc2N1N. The molecule has 5 nitrogen and oxygen atoms in total. The fourth-order valence-corrected chi connectivity index (χ4v) is 3.89. The lowest BCUT2D eigenvalue weighted by atomic mass is 9.93. The Bertz CT molecular complexity index is 1130. The van der Waals surface area contributed by atoms with E-state index in [1.54, 1.807) is 23.5 Å². The molecule has 1 aliphatic rings. The van der Waals surface area contributed by atoms with Crippen LogP contribution < -0.4 is 10.9 Å². The minimum absolute atomic E-state index is 0.287. The monoisotopic (exact) mass is 345 g/mol. The van der Waals surface area contributed by atoms with E-state index in [2.05, 4.69) is 15.0 Å². The summed E-state index contributed by atoms with van der Waals surface area (Å²) in [5, 5.41) is 2.51. The Labute approximate surface area is 149 Å². The van der Waals surface area contributed by atoms with Gasteiger partial charge in [-0.05, 0) is 42.3 Å². The van der Waals surface area contributed by atoms with E-state index in [1.165, 1.54) is 6.07 Å². The van der Waals surface area contributed by atoms with Crippen LogP contribution in [0, 0.1) is 12.7 Å². The Kier molecular flexibility index (Phi) is 3.11. The topological polar surface area (TPSA) is 70.8 Å². The van der Waals surface area contributed by atoms with Crippen LogP contribution in [0.2, 0.25) is 0 Å². The Morgan fingerprint density at radius 3 is 2.81 bits per heavy atom. The number of benzene rings is 1. The molecular formula is C20H16FN5. The molecule has 6 heteroatoms. The minimum atomic E-state index is -0.510. The van der Waals surface area contributed by atoms with Gasteiger partial charge in [-0.1, -0.05) is 12.1 Å². The summed E-state index contributed by atoms with van der Waals surface area (Å²) < 4.78 is 14.9. The summed E-state index contributed by atoms with van der Waals surface area (Å²) >= 11 is 0. The van der Waals surface area contributed by atoms with Crippen molar-refractivity contribution in [2.45, 2.75) is 13.0 Å². The van der Waals surface area contributed by atoms with Crippen molar-refractivity contribution in [1.29, 1.82) is 0 Å². The van der Waals surface area contributed by atoms with Crippen molar-refractivity contribution in [2.75, 3.05) is 5.01 Å². The van der Waals surface area contributed by atoms with Gasteiger partial charge in [0, 0.05) is 40.7 Å². The molecule has 0 saturated carbocycles. The molecule has 1 aromatic carbocycles. The number of nitrogens with two attached hydrogens (primary N) is 1. The van der Waals surface area contributed by atoms with Crippen molar-refractivity contribution in [2.24, 2.45) is 5.84 Å². The van der Waals surface area contributed by atoms with Gasteiger partial charge in [-0.2, -0.15) is 0 Å². The third-order valence-corrected chi connectivity index (χ3v) is 5.04. The second-order valence-electron chi connectivity index (χ2n) is 6.48. The molecule has 0 spiro atoms. The van der Waals surface area contributed by atoms with Gasteiger partial charge in [0.1, 0.15) is 17.5 Å². The smallest absolute Gasteiger partial charge is 0.151 e. The fourth-order valence-electron chi connectivity index (χ4n) is 3.89. The summed E-state index contributed by atoms with van der Waals surface area (Å²) in [4.78, 5) is 12.1. The van der Waals surface area contributed by atoms with Gasteiger partial charge in [0.15, 0.2) is 5.82 Å². The zero-order valence-electron chi connectivity index (χ0n) is 14.1. The molecule has 0 amide bonds. The van der Waals surface area contributed by atoms with Gasteiger partial charge in [-0.25, -0.2) is 20.2 Å². The number of aryl methyl sites for hydroxylation is 1. The highest BCUT2D eigenvalue weighted by Crippen LogP contribution is 2.45. The average molecular weight is 345 g/mol. The third-order valence-electron chi connectivity index (χ3n) is 5.04. The first-order chi connectivity index (χ1) is 12.7. The van der Waals surface area contributed by atoms with Gasteiger partial charge >= 0.3 is 0 Å². The van der Waals surface area contributed by atoms with Crippen LogP contribution in [0.5, 0.6) is 0 Å². The number of anilines is 1. The van der Waals surface area contributed by atoms with Gasteiger partial charge in [0.25, 0.3) is 0 Å². The van der Waals surface area contributed by atoms with Gasteiger partial charge < -0.3 is 4.98 Å². The highest BCUT2D eigenvalue weighted by molar-refractivity contribution is 6.00. The number of nitrogens with zero attached hydrogens (tertiary/aromatic N) is 3. The number of hydrazine groups is 1. The van der Waals surface area contributed by atoms with Crippen molar-refractivity contribution in [1.82, 2.24) is 15.0 Å². The van der Waals surface area contributed by atoms with Crippen LogP contribution in [0.4, 0.5) is 10.2 Å². The normalized spacial score (nSPS) is 15.8. The molecule has 3 N–H and O–H groups in total. The number of nitrogens with one attached hydrogen (secondary N) is 1. The second kappa shape index (κ2) is 5.37. The zero-order chi connectivity index (χ0) is 17.8. The molecular weight excluding hydrogens is 329 g/mol. The van der Waals surface area contributed by atoms with Crippen molar-refractivity contribution < 1.29 is 4.39 Å². The number of hydrogen-bond acceptors (Lipinski definition) is 4. The molecule has 0 bridgehead atoms. The van der Waals surface area contributed by atoms with Crippen molar-refractivity contribution in [3.05, 3.63) is 77.5 Å². The summed E-state index contributed by atoms with van der Waals surface area (Å²) in [6.07, 6.45) is 5.32. The van der Waals surface area contributed by atoms with Crippen molar-refractivity contribution >= 4 is 16.9 Å². The number of halogens is 1. The Morgan fingerprint density at radius 2 is 1.96 bits per heavy atom. The molecule has 4 heterocycles. The average Bonchev–Trinajstić information content (AvgIpc) is 3.04. The first-order valence-electron chi connectivity index (χ1n) is 8.37. The van der Waals surface area contributed by atoms with Crippen LogP contribution >= 0.6 is 0 Å². The second-order valence-corrected chi connectivity index (χ2v) is 6.48. The molecule has 1 aliphatic heterocycles. The largest absolute Gasteiger partial charge is 0.346 e. The number of H-pyrrole nitrogens is 1. The highest BCUT2D eigenvalue weighted by atomic mass is 19.1. The van der Waals surface area contributed by atoms with E-state index < -0.39 is 6.04 Å². The molecule has 3 aromatic heterocycles. The van der Waals surface area contributed by atoms with E-state index in [0.29, 0.717) is 11.4 Å². The number of rotatable bonds is 1. The van der Waals surface area contributed by atoms with Gasteiger partial charge in [0.05, 0.1) is 0 Å². The van der Waals surface area contributed by atoms with Crippen molar-refractivity contribution in [3.8, 4) is 11.1 Å². The maximum absolute atomic E-state index is 14.9. The number of pyridine rings is 2. The molecule has 0 radical (unpaired) electrons. The highest BCUT2D eigenvalue weighted by Gasteiger charge is 2.33. The number of aromatic amines is 1. The molecule has 4 aromatic rings. The molecule has 0 saturated heterocycles. The first kappa shape index (κ1) is 15.0. The Balaban J connectivity index is 1.93. The van der Waals surface area contributed by atoms with E-state index in [4.69, 9.17) is 5.84 Å². The quantitative estimate of drug-likeness (QED) is 0.514. The minimum Gasteiger partial charge on any atom is -0.346 e. The molecule has 26 heavy (non-hydrogen) atoms. The Morgan fingerprint density at radius 1 is 1.08 bits per heavy atom. The summed E-state index contributed by atoms with van der Waals surface area (Å²) in [5.74, 6) is 6.87. The maximum Gasteiger partial charge on any atom is 0.151 e. The van der Waals surface area contributed by atoms with E-state index in [-0.39, 0.29) is 5.82 Å². The Hall–Kier alpha value is -3.25. The van der Waals surface area contributed by atoms with Crippen LogP contribution in [0.1, 0.15) is 22.7 Å². The maximum atomic E-state index is 14.9. The summed E-state index contributed by atoms with van der Waals surface area (Å²) in [6, 6.07) is 10.4. The third kappa shape index (κ3) is 1.93. The zero-order valence-corrected chi connectivity index (χ0v) is 14.1. The molecule has 1 unspecified atom stereocenters. The van der Waals surface area contributed by atoms with Crippen molar-refractivity contribution in [3.63, 3.8) is 0 Å². The number of hydrogen-bond donors (Lipinski definition) is 2. The predicted molar refractivity (Wildman–Crippen MR) is 99.0 cm³/mol. The first-order valence-corrected chi connectivity index (χ1v) is 8.37. The molecule has 5 rings (SSSR count). The van der Waals surface area contributed by atoms with Crippen LogP contribution in [-0.2, 0) is 0 Å². The lowest BCUT2D eigenvalue weighted by Crippen LogP contribution is -2.37. The summed E-state index contributed by atoms with van der Waals surface area (Å²) in [7, 11) is 0. The summed E-state index contributed by atoms with van der Waals surface area (Å²) in [6.45, 7) is 1.89. The van der Waals surface area contributed by atoms with E-state index in [9.17, 15) is 4.39 Å². The van der Waals surface area contributed by atoms with Gasteiger partial charge in [-0.15, -0.1) is 0 Å². The lowest BCUT2D eigenvalue weighted by molar-refractivity contribution is 0.585. The van der Waals surface area contributed by atoms with E-state index >= 15 is 0 Å². The van der Waals surface area contributed by atoms with Gasteiger partial charge in [-0.3, -0.25) is 5.01 Å². The fraction of sp³-hybridized carbons (Fsp3) is 0.100. The standard InChI is InChI=1S/C20H16FN5/c1-11-4-2-6-15(21)16(11)18-14-10-25-19-17(14)12(7-9-23-19)13-5-3-8-24-20(13)26(18)22/h2-10,18H,22H2,1H3,(H,23,25). The van der Waals surface area contributed by atoms with E-state index in [1.807, 2.05) is 37.4 Å². The summed E-state index contributed by atoms with van der Waals surface area (Å²) in [5.41, 5.74) is 4.91.